The third-order valence-corrected chi connectivity index (χ3v) is 2.52. The number of hydrogen-bond acceptors (Lipinski definition) is 2. The SMILES string of the molecule is CC1=CC[C@H]2OC(=O)C[C@H]2C1. The molecule has 2 atom stereocenters. The van der Waals surface area contributed by atoms with Gasteiger partial charge in [-0.2, -0.15) is 0 Å². The van der Waals surface area contributed by atoms with E-state index < -0.39 is 0 Å². The van der Waals surface area contributed by atoms with Gasteiger partial charge < -0.3 is 4.74 Å². The summed E-state index contributed by atoms with van der Waals surface area (Å²) < 4.78 is 5.13. The number of esters is 1. The maximum atomic E-state index is 10.9. The zero-order chi connectivity index (χ0) is 7.84. The van der Waals surface area contributed by atoms with Crippen molar-refractivity contribution in [3.63, 3.8) is 0 Å². The molecule has 2 heteroatoms. The Bertz CT molecular complexity index is 218. The lowest BCUT2D eigenvalue weighted by atomic mass is 9.87. The summed E-state index contributed by atoms with van der Waals surface area (Å²) in [5, 5.41) is 0. The van der Waals surface area contributed by atoms with Crippen LogP contribution in [0.15, 0.2) is 11.6 Å². The second-order valence-corrected chi connectivity index (χ2v) is 3.48. The molecule has 0 saturated carbocycles. The van der Waals surface area contributed by atoms with E-state index in [9.17, 15) is 4.79 Å². The van der Waals surface area contributed by atoms with E-state index in [1.54, 1.807) is 0 Å². The Morgan fingerprint density at radius 1 is 1.55 bits per heavy atom. The van der Waals surface area contributed by atoms with Gasteiger partial charge in [-0.3, -0.25) is 4.79 Å². The van der Waals surface area contributed by atoms with Crippen molar-refractivity contribution in [1.82, 2.24) is 0 Å². The van der Waals surface area contributed by atoms with Gasteiger partial charge in [0.25, 0.3) is 0 Å². The fourth-order valence-corrected chi connectivity index (χ4v) is 1.92. The molecule has 11 heavy (non-hydrogen) atoms. The molecule has 0 aromatic carbocycles. The lowest BCUT2D eigenvalue weighted by Crippen LogP contribution is -2.18. The predicted molar refractivity (Wildman–Crippen MR) is 41.0 cm³/mol. The average molecular weight is 152 g/mol. The normalized spacial score (nSPS) is 36.1. The zero-order valence-electron chi connectivity index (χ0n) is 6.67. The third kappa shape index (κ3) is 1.17. The average Bonchev–Trinajstić information content (AvgIpc) is 2.27. The first-order valence-corrected chi connectivity index (χ1v) is 4.11. The first kappa shape index (κ1) is 6.89. The molecule has 2 aliphatic rings. The molecule has 0 spiro atoms. The molecule has 1 fully saturated rings. The number of hydrogen-bond donors (Lipinski definition) is 0. The van der Waals surface area contributed by atoms with Gasteiger partial charge >= 0.3 is 5.97 Å². The number of carbonyl (C=O) groups is 1. The molecule has 0 N–H and O–H groups in total. The first-order chi connectivity index (χ1) is 5.25. The molecule has 1 saturated heterocycles. The highest BCUT2D eigenvalue weighted by Gasteiger charge is 2.35. The molecule has 1 aliphatic heterocycles. The zero-order valence-corrected chi connectivity index (χ0v) is 6.67. The van der Waals surface area contributed by atoms with E-state index in [1.165, 1.54) is 5.57 Å². The molecular weight excluding hydrogens is 140 g/mol. The molecular formula is C9H12O2. The second kappa shape index (κ2) is 2.36. The van der Waals surface area contributed by atoms with E-state index >= 15 is 0 Å². The van der Waals surface area contributed by atoms with Crippen LogP contribution < -0.4 is 0 Å². The lowest BCUT2D eigenvalue weighted by Gasteiger charge is -2.20. The topological polar surface area (TPSA) is 26.3 Å². The Morgan fingerprint density at radius 3 is 3.18 bits per heavy atom. The highest BCUT2D eigenvalue weighted by molar-refractivity contribution is 5.72. The van der Waals surface area contributed by atoms with Crippen LogP contribution in [0, 0.1) is 5.92 Å². The first-order valence-electron chi connectivity index (χ1n) is 4.11. The number of fused-ring (bicyclic) bond motifs is 1. The van der Waals surface area contributed by atoms with Crippen LogP contribution in [-0.2, 0) is 9.53 Å². The van der Waals surface area contributed by atoms with Crippen LogP contribution in [0.5, 0.6) is 0 Å². The van der Waals surface area contributed by atoms with Crippen LogP contribution >= 0.6 is 0 Å². The van der Waals surface area contributed by atoms with Crippen molar-refractivity contribution in [2.45, 2.75) is 32.3 Å². The van der Waals surface area contributed by atoms with Crippen LogP contribution in [-0.4, -0.2) is 12.1 Å². The van der Waals surface area contributed by atoms with Crippen molar-refractivity contribution in [3.8, 4) is 0 Å². The fraction of sp³-hybridized carbons (Fsp3) is 0.667. The predicted octanol–water partition coefficient (Wildman–Crippen LogP) is 1.66. The molecule has 0 aromatic rings. The molecule has 1 aliphatic carbocycles. The Morgan fingerprint density at radius 2 is 2.36 bits per heavy atom. The summed E-state index contributed by atoms with van der Waals surface area (Å²) >= 11 is 0. The Labute approximate surface area is 66.2 Å². The molecule has 2 nitrogen and oxygen atoms in total. The summed E-state index contributed by atoms with van der Waals surface area (Å²) in [6.07, 6.45) is 5.00. The highest BCUT2D eigenvalue weighted by atomic mass is 16.5. The molecule has 60 valence electrons. The van der Waals surface area contributed by atoms with Crippen molar-refractivity contribution < 1.29 is 9.53 Å². The van der Waals surface area contributed by atoms with Gasteiger partial charge in [-0.25, -0.2) is 0 Å². The summed E-state index contributed by atoms with van der Waals surface area (Å²) in [6, 6.07) is 0. The van der Waals surface area contributed by atoms with Crippen LogP contribution in [0.3, 0.4) is 0 Å². The number of ether oxygens (including phenoxy) is 1. The Kier molecular flexibility index (Phi) is 1.48. The molecule has 2 rings (SSSR count). The summed E-state index contributed by atoms with van der Waals surface area (Å²) in [4.78, 5) is 10.9. The van der Waals surface area contributed by atoms with Crippen LogP contribution in [0.1, 0.15) is 26.2 Å². The number of carbonyl (C=O) groups excluding carboxylic acids is 1. The summed E-state index contributed by atoms with van der Waals surface area (Å²) in [5.41, 5.74) is 1.41. The van der Waals surface area contributed by atoms with Crippen LogP contribution in [0.25, 0.3) is 0 Å². The van der Waals surface area contributed by atoms with Gasteiger partial charge in [-0.15, -0.1) is 0 Å². The van der Waals surface area contributed by atoms with Gasteiger partial charge in [0.2, 0.25) is 0 Å². The molecule has 0 unspecified atom stereocenters. The third-order valence-electron chi connectivity index (χ3n) is 2.52. The maximum absolute atomic E-state index is 10.9. The van der Waals surface area contributed by atoms with Crippen LogP contribution in [0.4, 0.5) is 0 Å². The van der Waals surface area contributed by atoms with E-state index in [4.69, 9.17) is 4.74 Å². The number of allylic oxidation sites excluding steroid dienone is 1. The van der Waals surface area contributed by atoms with Gasteiger partial charge in [-0.1, -0.05) is 11.6 Å². The van der Waals surface area contributed by atoms with Gasteiger partial charge in [0, 0.05) is 12.3 Å². The minimum absolute atomic E-state index is 0.0110. The van der Waals surface area contributed by atoms with Gasteiger partial charge in [0.1, 0.15) is 6.10 Å². The highest BCUT2D eigenvalue weighted by Crippen LogP contribution is 2.34. The summed E-state index contributed by atoms with van der Waals surface area (Å²) in [7, 11) is 0. The fourth-order valence-electron chi connectivity index (χ4n) is 1.92. The van der Waals surface area contributed by atoms with Gasteiger partial charge in [-0.05, 0) is 13.3 Å². The minimum atomic E-state index is -0.0110. The largest absolute Gasteiger partial charge is 0.462 e. The van der Waals surface area contributed by atoms with E-state index in [1.807, 2.05) is 0 Å². The molecule has 0 amide bonds. The molecule has 0 aromatic heterocycles. The number of rotatable bonds is 0. The monoisotopic (exact) mass is 152 g/mol. The molecule has 0 bridgehead atoms. The van der Waals surface area contributed by atoms with E-state index in [0.717, 1.165) is 12.8 Å². The molecule has 0 radical (unpaired) electrons. The second-order valence-electron chi connectivity index (χ2n) is 3.48. The van der Waals surface area contributed by atoms with Crippen LogP contribution in [0.2, 0.25) is 0 Å². The summed E-state index contributed by atoms with van der Waals surface area (Å²) in [6.45, 7) is 2.12. The van der Waals surface area contributed by atoms with Crippen molar-refractivity contribution in [3.05, 3.63) is 11.6 Å². The quantitative estimate of drug-likeness (QED) is 0.390. The Hall–Kier alpha value is -0.790. The van der Waals surface area contributed by atoms with Gasteiger partial charge in [0.05, 0.1) is 6.42 Å². The summed E-state index contributed by atoms with van der Waals surface area (Å²) in [5.74, 6) is 0.468. The van der Waals surface area contributed by atoms with E-state index in [-0.39, 0.29) is 12.1 Å². The van der Waals surface area contributed by atoms with Crippen molar-refractivity contribution in [2.24, 2.45) is 5.92 Å². The van der Waals surface area contributed by atoms with Crippen molar-refractivity contribution in [1.29, 1.82) is 0 Å². The van der Waals surface area contributed by atoms with E-state index in [2.05, 4.69) is 13.0 Å². The van der Waals surface area contributed by atoms with Crippen molar-refractivity contribution in [2.75, 3.05) is 0 Å². The maximum Gasteiger partial charge on any atom is 0.306 e. The Balaban J connectivity index is 2.12. The lowest BCUT2D eigenvalue weighted by molar-refractivity contribution is -0.141. The standard InChI is InChI=1S/C9H12O2/c1-6-2-3-8-7(4-6)5-9(10)11-8/h2,7-8H,3-5H2,1H3/t7-,8-/m1/s1. The smallest absolute Gasteiger partial charge is 0.306 e. The van der Waals surface area contributed by atoms with Gasteiger partial charge in [0.15, 0.2) is 0 Å². The minimum Gasteiger partial charge on any atom is -0.462 e. The van der Waals surface area contributed by atoms with Crippen molar-refractivity contribution >= 4 is 5.97 Å². The molecule has 1 heterocycles. The van der Waals surface area contributed by atoms with E-state index in [0.29, 0.717) is 12.3 Å².